The molecule has 188 valence electrons. The number of aliphatic hydroxyl groups is 2. The number of aliphatic hydroxyl groups excluding tert-OH is 2. The van der Waals surface area contributed by atoms with Crippen molar-refractivity contribution in [3.8, 4) is 11.8 Å². The Morgan fingerprint density at radius 1 is 1.31 bits per heavy atom. The van der Waals surface area contributed by atoms with E-state index in [0.717, 1.165) is 19.3 Å². The summed E-state index contributed by atoms with van der Waals surface area (Å²) in [6.07, 6.45) is 0.233. The van der Waals surface area contributed by atoms with Gasteiger partial charge < -0.3 is 35.4 Å². The second-order valence-electron chi connectivity index (χ2n) is 8.50. The molecule has 3 aromatic heterocycles. The van der Waals surface area contributed by atoms with Crippen molar-refractivity contribution >= 4 is 28.8 Å². The Kier molecular flexibility index (Phi) is 6.27. The molecule has 2 fully saturated rings. The number of anilines is 1. The van der Waals surface area contributed by atoms with Crippen LogP contribution in [-0.4, -0.2) is 89.5 Å². The summed E-state index contributed by atoms with van der Waals surface area (Å²) in [5, 5.41) is 26.7. The summed E-state index contributed by atoms with van der Waals surface area (Å²) in [5.74, 6) is 5.13. The summed E-state index contributed by atoms with van der Waals surface area (Å²) in [4.78, 5) is 39.2. The molecule has 0 radical (unpaired) electrons. The van der Waals surface area contributed by atoms with Crippen LogP contribution in [0.1, 0.15) is 41.9 Å². The number of amides is 2. The fraction of sp³-hybridized carbons (Fsp3) is 0.455. The second-order valence-corrected chi connectivity index (χ2v) is 8.50. The van der Waals surface area contributed by atoms with Crippen molar-refractivity contribution < 1.29 is 29.1 Å². The van der Waals surface area contributed by atoms with Crippen molar-refractivity contribution in [2.75, 3.05) is 19.3 Å². The van der Waals surface area contributed by atoms with Crippen LogP contribution < -0.4 is 11.1 Å². The molecule has 5 N–H and O–H groups in total. The molecule has 14 nitrogen and oxygen atoms in total. The summed E-state index contributed by atoms with van der Waals surface area (Å²) in [6.45, 7) is 0.120. The molecule has 1 saturated carbocycles. The van der Waals surface area contributed by atoms with E-state index >= 15 is 0 Å². The summed E-state index contributed by atoms with van der Waals surface area (Å²) in [6, 6.07) is 1.57. The zero-order chi connectivity index (χ0) is 25.4. The Balaban J connectivity index is 1.41. The van der Waals surface area contributed by atoms with E-state index in [-0.39, 0.29) is 47.1 Å². The number of hydrogen-bond donors (Lipinski definition) is 4. The van der Waals surface area contributed by atoms with E-state index in [1.54, 1.807) is 4.90 Å². The van der Waals surface area contributed by atoms with Gasteiger partial charge in [0.25, 0.3) is 11.8 Å². The Labute approximate surface area is 204 Å². The highest BCUT2D eigenvalue weighted by Crippen LogP contribution is 2.32. The number of carbonyl (C=O) groups excluding carboxylic acids is 2. The highest BCUT2D eigenvalue weighted by Gasteiger charge is 2.47. The molecule has 4 atom stereocenters. The minimum atomic E-state index is -1.45. The first-order valence-electron chi connectivity index (χ1n) is 11.3. The van der Waals surface area contributed by atoms with Crippen LogP contribution in [0.5, 0.6) is 0 Å². The lowest BCUT2D eigenvalue weighted by Crippen LogP contribution is -2.44. The summed E-state index contributed by atoms with van der Waals surface area (Å²) >= 11 is 0. The molecule has 3 aromatic rings. The number of likely N-dealkylation sites (N-methyl/N-ethyl adjacent to an activating group) is 1. The second kappa shape index (κ2) is 9.53. The van der Waals surface area contributed by atoms with Crippen molar-refractivity contribution in [1.29, 1.82) is 0 Å². The summed E-state index contributed by atoms with van der Waals surface area (Å²) in [7, 11) is 1.40. The van der Waals surface area contributed by atoms with Gasteiger partial charge in [-0.3, -0.25) is 14.2 Å². The van der Waals surface area contributed by atoms with E-state index in [0.29, 0.717) is 0 Å². The molecule has 1 unspecified atom stereocenters. The van der Waals surface area contributed by atoms with E-state index in [4.69, 9.17) is 15.0 Å². The first kappa shape index (κ1) is 23.7. The number of nitrogens with zero attached hydrogens (tertiary/aromatic N) is 6. The van der Waals surface area contributed by atoms with Gasteiger partial charge in [0, 0.05) is 19.2 Å². The molecule has 0 spiro atoms. The highest BCUT2D eigenvalue weighted by molar-refractivity contribution is 5.91. The molecule has 1 aliphatic heterocycles. The number of ether oxygens (including phenoxy) is 1. The SMILES string of the molecule is CNC(=O)[C@H]1O[C@@H](n2cnc3c(N)nc(C#CCN(C(=O)c4ccno4)C4CCC4)nc32)C(O)[C@@H]1O. The molecule has 0 bridgehead atoms. The largest absolute Gasteiger partial charge is 0.387 e. The molecule has 1 aliphatic carbocycles. The zero-order valence-corrected chi connectivity index (χ0v) is 19.2. The first-order chi connectivity index (χ1) is 17.4. The lowest BCUT2D eigenvalue weighted by molar-refractivity contribution is -0.137. The maximum Gasteiger partial charge on any atom is 0.293 e. The van der Waals surface area contributed by atoms with Gasteiger partial charge in [0.05, 0.1) is 19.1 Å². The van der Waals surface area contributed by atoms with Gasteiger partial charge in [-0.2, -0.15) is 0 Å². The van der Waals surface area contributed by atoms with Crippen LogP contribution >= 0.6 is 0 Å². The van der Waals surface area contributed by atoms with Gasteiger partial charge in [0.15, 0.2) is 23.8 Å². The number of rotatable bonds is 5. The minimum absolute atomic E-state index is 0.0486. The van der Waals surface area contributed by atoms with Crippen molar-refractivity contribution in [2.45, 2.75) is 49.8 Å². The predicted molar refractivity (Wildman–Crippen MR) is 122 cm³/mol. The Morgan fingerprint density at radius 2 is 2.11 bits per heavy atom. The maximum absolute atomic E-state index is 12.8. The number of nitrogen functional groups attached to an aromatic ring is 1. The van der Waals surface area contributed by atoms with Crippen LogP contribution in [0.25, 0.3) is 11.2 Å². The van der Waals surface area contributed by atoms with Crippen molar-refractivity contribution in [3.63, 3.8) is 0 Å². The number of fused-ring (bicyclic) bond motifs is 1. The molecule has 4 heterocycles. The lowest BCUT2D eigenvalue weighted by atomic mass is 9.91. The fourth-order valence-corrected chi connectivity index (χ4v) is 4.17. The fourth-order valence-electron chi connectivity index (χ4n) is 4.17. The van der Waals surface area contributed by atoms with E-state index in [9.17, 15) is 19.8 Å². The molecule has 36 heavy (non-hydrogen) atoms. The van der Waals surface area contributed by atoms with Crippen LogP contribution in [-0.2, 0) is 9.53 Å². The van der Waals surface area contributed by atoms with Crippen LogP contribution in [0, 0.1) is 11.8 Å². The van der Waals surface area contributed by atoms with Gasteiger partial charge in [-0.1, -0.05) is 11.1 Å². The van der Waals surface area contributed by atoms with Gasteiger partial charge in [-0.25, -0.2) is 15.0 Å². The number of aromatic nitrogens is 5. The van der Waals surface area contributed by atoms with Crippen LogP contribution in [0.4, 0.5) is 5.82 Å². The van der Waals surface area contributed by atoms with E-state index in [1.807, 2.05) is 0 Å². The minimum Gasteiger partial charge on any atom is -0.387 e. The van der Waals surface area contributed by atoms with E-state index in [1.165, 1.54) is 30.2 Å². The molecule has 14 heteroatoms. The van der Waals surface area contributed by atoms with Gasteiger partial charge in [0.2, 0.25) is 11.6 Å². The molecule has 2 amide bonds. The monoisotopic (exact) mass is 496 g/mol. The third-order valence-electron chi connectivity index (χ3n) is 6.34. The average Bonchev–Trinajstić information content (AvgIpc) is 3.57. The topological polar surface area (TPSA) is 195 Å². The van der Waals surface area contributed by atoms with Gasteiger partial charge >= 0.3 is 0 Å². The average molecular weight is 496 g/mol. The number of hydrogen-bond acceptors (Lipinski definition) is 11. The lowest BCUT2D eigenvalue weighted by Gasteiger charge is -2.35. The molecular weight excluding hydrogens is 472 g/mol. The van der Waals surface area contributed by atoms with Gasteiger partial charge in [-0.15, -0.1) is 0 Å². The smallest absolute Gasteiger partial charge is 0.293 e. The van der Waals surface area contributed by atoms with Crippen molar-refractivity contribution in [1.82, 2.24) is 34.9 Å². The van der Waals surface area contributed by atoms with Crippen LogP contribution in [0.15, 0.2) is 23.1 Å². The van der Waals surface area contributed by atoms with Crippen molar-refractivity contribution in [2.24, 2.45) is 0 Å². The van der Waals surface area contributed by atoms with Gasteiger partial charge in [0.1, 0.15) is 17.7 Å². The third kappa shape index (κ3) is 4.13. The number of nitrogens with two attached hydrogens (primary N) is 1. The molecule has 1 saturated heterocycles. The quantitative estimate of drug-likeness (QED) is 0.310. The van der Waals surface area contributed by atoms with Gasteiger partial charge in [-0.05, 0) is 25.2 Å². The van der Waals surface area contributed by atoms with Crippen LogP contribution in [0.3, 0.4) is 0 Å². The zero-order valence-electron chi connectivity index (χ0n) is 19.2. The third-order valence-corrected chi connectivity index (χ3v) is 6.34. The molecule has 5 rings (SSSR count). The highest BCUT2D eigenvalue weighted by atomic mass is 16.6. The van der Waals surface area contributed by atoms with E-state index < -0.39 is 30.4 Å². The normalized spacial score (nSPS) is 23.6. The molecular formula is C22H24N8O6. The summed E-state index contributed by atoms with van der Waals surface area (Å²) < 4.78 is 12.0. The Morgan fingerprint density at radius 3 is 2.78 bits per heavy atom. The van der Waals surface area contributed by atoms with Crippen molar-refractivity contribution in [3.05, 3.63) is 30.2 Å². The predicted octanol–water partition coefficient (Wildman–Crippen LogP) is -1.19. The Bertz CT molecular complexity index is 1340. The maximum atomic E-state index is 12.8. The summed E-state index contributed by atoms with van der Waals surface area (Å²) in [5.41, 5.74) is 6.50. The van der Waals surface area contributed by atoms with Crippen LogP contribution in [0.2, 0.25) is 0 Å². The van der Waals surface area contributed by atoms with E-state index in [2.05, 4.69) is 37.3 Å². The molecule has 0 aromatic carbocycles. The molecule has 2 aliphatic rings. The standard InChI is InChI=1S/C22H24N8O6/c1-24-20(33)17-15(31)16(32)22(35-17)30-10-25-14-18(23)27-13(28-19(14)30)6-3-9-29(11-4-2-5-11)21(34)12-7-8-26-36-12/h7-8,10-11,15-17,22,31-32H,2,4-5,9H2,1H3,(H,24,33)(H2,23,27,28)/t15-,16?,17-,22+/m0/s1. The number of nitrogens with one attached hydrogen (secondary N) is 1. The number of imidazole rings is 1. The Hall–Kier alpha value is -4.06. The first-order valence-corrected chi connectivity index (χ1v) is 11.3. The number of carbonyl (C=O) groups is 2.